The molecule has 0 fully saturated rings. The molecule has 0 saturated heterocycles. The average molecular weight is 283 g/mol. The van der Waals surface area contributed by atoms with Crippen molar-refractivity contribution in [1.82, 2.24) is 9.38 Å². The summed E-state index contributed by atoms with van der Waals surface area (Å²) in [5.41, 5.74) is 1.27. The maximum atomic E-state index is 11.5. The number of fused-ring (bicyclic) bond motifs is 1. The van der Waals surface area contributed by atoms with Gasteiger partial charge < -0.3 is 5.11 Å². The zero-order valence-electron chi connectivity index (χ0n) is 10.6. The number of imidazole rings is 1. The zero-order valence-corrected chi connectivity index (χ0v) is 10.6. The predicted molar refractivity (Wildman–Crippen MR) is 74.2 cm³/mol. The Balaban J connectivity index is 2.22. The van der Waals surface area contributed by atoms with E-state index < -0.39 is 10.9 Å². The number of rotatable bonds is 3. The van der Waals surface area contributed by atoms with Crippen LogP contribution in [0.25, 0.3) is 16.9 Å². The van der Waals surface area contributed by atoms with Gasteiger partial charge in [-0.25, -0.2) is 9.78 Å². The van der Waals surface area contributed by atoms with Crippen LogP contribution < -0.4 is 0 Å². The molecule has 3 rings (SSSR count). The molecule has 1 aromatic carbocycles. The summed E-state index contributed by atoms with van der Waals surface area (Å²) in [7, 11) is 0. The predicted octanol–water partition coefficient (Wildman–Crippen LogP) is 2.61. The van der Waals surface area contributed by atoms with Crippen LogP contribution in [-0.4, -0.2) is 25.4 Å². The van der Waals surface area contributed by atoms with Gasteiger partial charge in [0.05, 0.1) is 4.92 Å². The van der Waals surface area contributed by atoms with Gasteiger partial charge in [-0.1, -0.05) is 6.07 Å². The topological polar surface area (TPSA) is 97.7 Å². The maximum Gasteiger partial charge on any atom is 0.355 e. The Kier molecular flexibility index (Phi) is 2.87. The van der Waals surface area contributed by atoms with Crippen LogP contribution in [0.15, 0.2) is 48.7 Å². The third-order valence-corrected chi connectivity index (χ3v) is 3.08. The Hall–Kier alpha value is -3.22. The van der Waals surface area contributed by atoms with Crippen LogP contribution in [0.4, 0.5) is 5.69 Å². The molecule has 7 heteroatoms. The van der Waals surface area contributed by atoms with Gasteiger partial charge in [0.25, 0.3) is 5.69 Å². The number of aromatic nitrogens is 2. The normalized spacial score (nSPS) is 10.7. The molecular weight excluding hydrogens is 274 g/mol. The van der Waals surface area contributed by atoms with Crippen LogP contribution >= 0.6 is 0 Å². The molecule has 0 radical (unpaired) electrons. The van der Waals surface area contributed by atoms with E-state index in [1.807, 2.05) is 0 Å². The fraction of sp³-hybridized carbons (Fsp3) is 0. The standard InChI is InChI=1S/C14H9N3O4/c18-14(19)13-12(15-11-3-1-2-8-16(11)13)9-4-6-10(7-5-9)17(20)21/h1-8H,(H,18,19). The van der Waals surface area contributed by atoms with Gasteiger partial charge in [0.15, 0.2) is 5.69 Å². The number of hydrogen-bond donors (Lipinski definition) is 1. The van der Waals surface area contributed by atoms with E-state index in [-0.39, 0.29) is 17.1 Å². The van der Waals surface area contributed by atoms with E-state index >= 15 is 0 Å². The van der Waals surface area contributed by atoms with Crippen molar-refractivity contribution in [2.24, 2.45) is 0 Å². The van der Waals surface area contributed by atoms with Gasteiger partial charge >= 0.3 is 5.97 Å². The van der Waals surface area contributed by atoms with E-state index in [1.54, 1.807) is 24.4 Å². The number of pyridine rings is 1. The van der Waals surface area contributed by atoms with Crippen LogP contribution in [0.1, 0.15) is 10.5 Å². The second kappa shape index (κ2) is 4.71. The molecule has 0 bridgehead atoms. The molecule has 3 aromatic rings. The van der Waals surface area contributed by atoms with E-state index in [9.17, 15) is 20.0 Å². The Morgan fingerprint density at radius 3 is 2.52 bits per heavy atom. The van der Waals surface area contributed by atoms with Gasteiger partial charge in [-0.05, 0) is 24.3 Å². The highest BCUT2D eigenvalue weighted by molar-refractivity contribution is 5.94. The van der Waals surface area contributed by atoms with Crippen molar-refractivity contribution in [2.45, 2.75) is 0 Å². The summed E-state index contributed by atoms with van der Waals surface area (Å²) < 4.78 is 1.47. The van der Waals surface area contributed by atoms with E-state index in [0.717, 1.165) is 0 Å². The van der Waals surface area contributed by atoms with Crippen molar-refractivity contribution < 1.29 is 14.8 Å². The molecule has 21 heavy (non-hydrogen) atoms. The van der Waals surface area contributed by atoms with E-state index in [0.29, 0.717) is 11.2 Å². The third-order valence-electron chi connectivity index (χ3n) is 3.08. The number of nitro benzene ring substituents is 1. The summed E-state index contributed by atoms with van der Waals surface area (Å²) in [6, 6.07) is 10.8. The molecule has 0 aliphatic heterocycles. The minimum Gasteiger partial charge on any atom is -0.476 e. The lowest BCUT2D eigenvalue weighted by molar-refractivity contribution is -0.384. The quantitative estimate of drug-likeness (QED) is 0.588. The SMILES string of the molecule is O=C(O)c1c(-c2ccc([N+](=O)[O-])cc2)nc2ccccn12. The van der Waals surface area contributed by atoms with Crippen molar-refractivity contribution in [1.29, 1.82) is 0 Å². The lowest BCUT2D eigenvalue weighted by atomic mass is 10.1. The van der Waals surface area contributed by atoms with Gasteiger partial charge in [-0.2, -0.15) is 0 Å². The Morgan fingerprint density at radius 1 is 1.19 bits per heavy atom. The summed E-state index contributed by atoms with van der Waals surface area (Å²) in [5, 5.41) is 20.0. The molecule has 0 atom stereocenters. The third kappa shape index (κ3) is 2.10. The fourth-order valence-electron chi connectivity index (χ4n) is 2.14. The van der Waals surface area contributed by atoms with Crippen LogP contribution in [0.5, 0.6) is 0 Å². The van der Waals surface area contributed by atoms with Crippen molar-refractivity contribution in [3.05, 3.63) is 64.5 Å². The van der Waals surface area contributed by atoms with E-state index in [1.165, 1.54) is 28.7 Å². The molecule has 7 nitrogen and oxygen atoms in total. The van der Waals surface area contributed by atoms with Crippen molar-refractivity contribution in [3.8, 4) is 11.3 Å². The van der Waals surface area contributed by atoms with Crippen LogP contribution in [0, 0.1) is 10.1 Å². The number of benzene rings is 1. The van der Waals surface area contributed by atoms with Crippen LogP contribution in [0.3, 0.4) is 0 Å². The van der Waals surface area contributed by atoms with Gasteiger partial charge in [0.1, 0.15) is 11.3 Å². The summed E-state index contributed by atoms with van der Waals surface area (Å²) in [6.07, 6.45) is 1.61. The molecule has 2 heterocycles. The van der Waals surface area contributed by atoms with Gasteiger partial charge in [0.2, 0.25) is 0 Å². The number of hydrogen-bond acceptors (Lipinski definition) is 4. The highest BCUT2D eigenvalue weighted by atomic mass is 16.6. The number of nitrogens with zero attached hydrogens (tertiary/aromatic N) is 3. The zero-order chi connectivity index (χ0) is 15.0. The van der Waals surface area contributed by atoms with Gasteiger partial charge in [-0.15, -0.1) is 0 Å². The maximum absolute atomic E-state index is 11.5. The smallest absolute Gasteiger partial charge is 0.355 e. The summed E-state index contributed by atoms with van der Waals surface area (Å²) in [4.78, 5) is 25.9. The molecule has 0 spiro atoms. The molecule has 2 aromatic heterocycles. The lowest BCUT2D eigenvalue weighted by Gasteiger charge is -2.00. The Labute approximate surface area is 118 Å². The average Bonchev–Trinajstić information content (AvgIpc) is 2.86. The number of carbonyl (C=O) groups is 1. The number of non-ortho nitro benzene ring substituents is 1. The monoisotopic (exact) mass is 283 g/mol. The van der Waals surface area contributed by atoms with Gasteiger partial charge in [0, 0.05) is 23.9 Å². The molecule has 0 aliphatic carbocycles. The summed E-state index contributed by atoms with van der Waals surface area (Å²) >= 11 is 0. The lowest BCUT2D eigenvalue weighted by Crippen LogP contribution is -2.03. The number of aromatic carboxylic acids is 1. The number of carboxylic acids is 1. The molecule has 1 N–H and O–H groups in total. The first-order chi connectivity index (χ1) is 10.1. The second-order valence-electron chi connectivity index (χ2n) is 4.35. The molecule has 0 unspecified atom stereocenters. The Bertz CT molecular complexity index is 852. The van der Waals surface area contributed by atoms with Crippen LogP contribution in [-0.2, 0) is 0 Å². The summed E-state index contributed by atoms with van der Waals surface area (Å²) in [5.74, 6) is -1.11. The van der Waals surface area contributed by atoms with Gasteiger partial charge in [-0.3, -0.25) is 14.5 Å². The fourth-order valence-corrected chi connectivity index (χ4v) is 2.14. The molecular formula is C14H9N3O4. The highest BCUT2D eigenvalue weighted by Gasteiger charge is 2.20. The Morgan fingerprint density at radius 2 is 1.90 bits per heavy atom. The van der Waals surface area contributed by atoms with Crippen molar-refractivity contribution in [3.63, 3.8) is 0 Å². The number of nitro groups is 1. The highest BCUT2D eigenvalue weighted by Crippen LogP contribution is 2.26. The first-order valence-electron chi connectivity index (χ1n) is 6.03. The van der Waals surface area contributed by atoms with E-state index in [4.69, 9.17) is 0 Å². The largest absolute Gasteiger partial charge is 0.476 e. The minimum absolute atomic E-state index is 0.0273. The first kappa shape index (κ1) is 12.8. The van der Waals surface area contributed by atoms with Crippen molar-refractivity contribution >= 4 is 17.3 Å². The molecule has 0 amide bonds. The van der Waals surface area contributed by atoms with Crippen molar-refractivity contribution in [2.75, 3.05) is 0 Å². The van der Waals surface area contributed by atoms with Crippen LogP contribution in [0.2, 0.25) is 0 Å². The van der Waals surface area contributed by atoms with E-state index in [2.05, 4.69) is 4.98 Å². The number of carboxylic acid groups (broad SMARTS) is 1. The first-order valence-corrected chi connectivity index (χ1v) is 6.03. The minimum atomic E-state index is -1.11. The summed E-state index contributed by atoms with van der Waals surface area (Å²) in [6.45, 7) is 0. The second-order valence-corrected chi connectivity index (χ2v) is 4.35. The molecule has 104 valence electrons. The molecule has 0 saturated carbocycles. The molecule has 0 aliphatic rings.